The Bertz CT molecular complexity index is 1230. The fourth-order valence-electron chi connectivity index (χ4n) is 4.08. The third-order valence-corrected chi connectivity index (χ3v) is 7.96. The fraction of sp³-hybridized carbons (Fsp3) is 0.471. The lowest BCUT2D eigenvalue weighted by Crippen LogP contribution is -2.21. The summed E-state index contributed by atoms with van der Waals surface area (Å²) in [4.78, 5) is 4.52. The third kappa shape index (κ3) is 2.69. The van der Waals surface area contributed by atoms with E-state index in [1.165, 1.54) is 7.11 Å². The van der Waals surface area contributed by atoms with Crippen LogP contribution in [-0.2, 0) is 18.2 Å². The molecule has 2 atom stereocenters. The molecule has 0 spiro atoms. The van der Waals surface area contributed by atoms with Gasteiger partial charge in [-0.25, -0.2) is 18.6 Å². The number of benzene rings is 1. The normalized spacial score (nSPS) is 29.2. The molecule has 2 unspecified atom stereocenters. The van der Waals surface area contributed by atoms with Crippen LogP contribution in [0.5, 0.6) is 28.9 Å². The van der Waals surface area contributed by atoms with Crippen molar-refractivity contribution in [3.05, 3.63) is 5.56 Å². The topological polar surface area (TPSA) is 150 Å². The molecule has 0 saturated carbocycles. The maximum absolute atomic E-state index is 13.0. The lowest BCUT2D eigenvalue weighted by molar-refractivity contribution is -0.117. The molecule has 3 N–H and O–H groups in total. The average Bonchev–Trinajstić information content (AvgIpc) is 3.01. The van der Waals surface area contributed by atoms with Crippen LogP contribution in [0.3, 0.4) is 0 Å². The molecule has 8 heterocycles. The number of rotatable bonds is 7. The zero-order chi connectivity index (χ0) is 21.5. The summed E-state index contributed by atoms with van der Waals surface area (Å²) in [6.45, 7) is 2.60. The highest BCUT2D eigenvalue weighted by molar-refractivity contribution is 7.50. The number of ether oxygens (including phenoxy) is 1. The van der Waals surface area contributed by atoms with E-state index in [0.717, 1.165) is 19.3 Å². The van der Waals surface area contributed by atoms with Crippen molar-refractivity contribution in [2.75, 3.05) is 19.0 Å². The first-order valence-electron chi connectivity index (χ1n) is 9.78. The third-order valence-electron chi connectivity index (χ3n) is 5.44. The van der Waals surface area contributed by atoms with Crippen molar-refractivity contribution in [1.82, 2.24) is 4.98 Å². The Balaban J connectivity index is 1.62. The van der Waals surface area contributed by atoms with Gasteiger partial charge >= 0.3 is 15.6 Å². The van der Waals surface area contributed by atoms with Crippen LogP contribution in [-0.4, -0.2) is 24.7 Å². The highest BCUT2D eigenvalue weighted by atomic mass is 31.2. The average molecular weight is 471 g/mol. The molecule has 0 aliphatic carbocycles. The summed E-state index contributed by atoms with van der Waals surface area (Å²) in [6.07, 6.45) is 1.53. The summed E-state index contributed by atoms with van der Waals surface area (Å²) in [5.74, 6) is 0.146. The van der Waals surface area contributed by atoms with Gasteiger partial charge in [0.1, 0.15) is 11.2 Å². The van der Waals surface area contributed by atoms with Gasteiger partial charge in [0.15, 0.2) is 5.75 Å². The Kier molecular flexibility index (Phi) is 4.02. The minimum Gasteiger partial charge on any atom is -0.490 e. The molecule has 0 amide bonds. The summed E-state index contributed by atoms with van der Waals surface area (Å²) in [6, 6.07) is -0.0168. The second-order valence-electron chi connectivity index (χ2n) is 7.58. The minimum atomic E-state index is -4.03. The van der Waals surface area contributed by atoms with Crippen LogP contribution in [0, 0.1) is 0 Å². The maximum atomic E-state index is 13.0. The van der Waals surface area contributed by atoms with Gasteiger partial charge in [-0.3, -0.25) is 0 Å². The predicted molar refractivity (Wildman–Crippen MR) is 107 cm³/mol. The first-order chi connectivity index (χ1) is 14.8. The van der Waals surface area contributed by atoms with Crippen LogP contribution < -0.4 is 33.9 Å². The summed E-state index contributed by atoms with van der Waals surface area (Å²) >= 11 is 0. The molecular weight excluding hydrogens is 452 g/mol. The van der Waals surface area contributed by atoms with Gasteiger partial charge in [0.05, 0.1) is 18.1 Å². The number of hydrogen-bond acceptors (Lipinski definition) is 12. The molecule has 14 heteroatoms. The van der Waals surface area contributed by atoms with E-state index < -0.39 is 21.9 Å². The van der Waals surface area contributed by atoms with E-state index in [1.54, 1.807) is 0 Å². The molecule has 2 aromatic rings. The number of aromatic nitrogens is 1. The molecule has 1 aromatic heterocycles. The van der Waals surface area contributed by atoms with Crippen molar-refractivity contribution in [1.29, 1.82) is 0 Å². The Morgan fingerprint density at radius 1 is 1.10 bits per heavy atom. The lowest BCUT2D eigenvalue weighted by Gasteiger charge is -2.33. The van der Waals surface area contributed by atoms with Crippen LogP contribution in [0.15, 0.2) is 0 Å². The molecule has 1 aromatic carbocycles. The molecule has 12 nitrogen and oxygen atoms in total. The van der Waals surface area contributed by atoms with Gasteiger partial charge in [-0.15, -0.1) is 0 Å². The van der Waals surface area contributed by atoms with Gasteiger partial charge in [0.25, 0.3) is 5.88 Å². The quantitative estimate of drug-likeness (QED) is 0.444. The van der Waals surface area contributed by atoms with E-state index in [-0.39, 0.29) is 34.9 Å². The zero-order valence-corrected chi connectivity index (χ0v) is 18.4. The monoisotopic (exact) mass is 471 g/mol. The molecule has 31 heavy (non-hydrogen) atoms. The van der Waals surface area contributed by atoms with Gasteiger partial charge in [-0.1, -0.05) is 6.42 Å². The molecule has 7 aliphatic rings. The van der Waals surface area contributed by atoms with Crippen molar-refractivity contribution in [3.63, 3.8) is 0 Å². The number of unbranched alkanes of at least 4 members (excludes halogenated alkanes) is 1. The summed E-state index contributed by atoms with van der Waals surface area (Å²) in [5, 5.41) is 3.77. The number of nitrogens with zero attached hydrogens (tertiary/aromatic N) is 1. The van der Waals surface area contributed by atoms with Gasteiger partial charge in [0, 0.05) is 6.04 Å². The van der Waals surface area contributed by atoms with E-state index >= 15 is 0 Å². The molecule has 1 saturated heterocycles. The SMILES string of the molecule is COc1c2c(NC(C)CCCCN)c3nc4c5c(c3c1OP(=O)(O4)O5)C1OP(=O)(O2)O1. The molecule has 9 bridgehead atoms. The van der Waals surface area contributed by atoms with E-state index in [9.17, 15) is 9.13 Å². The van der Waals surface area contributed by atoms with E-state index in [1.807, 2.05) is 6.92 Å². The number of nitrogens with one attached hydrogen (secondary N) is 1. The van der Waals surface area contributed by atoms with Crippen molar-refractivity contribution >= 4 is 32.2 Å². The van der Waals surface area contributed by atoms with Gasteiger partial charge < -0.3 is 33.9 Å². The number of methoxy groups -OCH3 is 1. The van der Waals surface area contributed by atoms with Crippen molar-refractivity contribution in [2.24, 2.45) is 5.73 Å². The molecule has 0 radical (unpaired) electrons. The zero-order valence-electron chi connectivity index (χ0n) is 16.6. The molecule has 1 fully saturated rings. The van der Waals surface area contributed by atoms with Crippen molar-refractivity contribution in [2.45, 2.75) is 38.5 Å². The van der Waals surface area contributed by atoms with E-state index in [4.69, 9.17) is 37.6 Å². The number of nitrogens with two attached hydrogens (primary N) is 1. The Hall–Kier alpha value is -2.23. The number of fused-ring (bicyclic) bond motifs is 1. The number of phosphoric acid groups is 2. The summed E-state index contributed by atoms with van der Waals surface area (Å²) in [7, 11) is -6.56. The number of phosphoric ester groups is 2. The molecule has 7 aliphatic heterocycles. The van der Waals surface area contributed by atoms with Gasteiger partial charge in [-0.05, 0) is 26.3 Å². The molecule has 166 valence electrons. The van der Waals surface area contributed by atoms with E-state index in [0.29, 0.717) is 28.7 Å². The summed E-state index contributed by atoms with van der Waals surface area (Å²) in [5.41, 5.74) is 6.70. The summed E-state index contributed by atoms with van der Waals surface area (Å²) < 4.78 is 64.6. The number of anilines is 1. The minimum absolute atomic E-state index is 0.0168. The van der Waals surface area contributed by atoms with Crippen molar-refractivity contribution < 1.29 is 41.0 Å². The lowest BCUT2D eigenvalue weighted by atomic mass is 10.0. The van der Waals surface area contributed by atoms with Crippen LogP contribution in [0.4, 0.5) is 5.69 Å². The number of pyridine rings is 1. The fourth-order valence-corrected chi connectivity index (χ4v) is 6.51. The Morgan fingerprint density at radius 2 is 1.84 bits per heavy atom. The van der Waals surface area contributed by atoms with Crippen LogP contribution in [0.2, 0.25) is 0 Å². The smallest absolute Gasteiger partial charge is 0.490 e. The van der Waals surface area contributed by atoms with Gasteiger partial charge in [0.2, 0.25) is 23.5 Å². The maximum Gasteiger partial charge on any atom is 0.648 e. The molecule has 9 rings (SSSR count). The Labute approximate surface area is 176 Å². The van der Waals surface area contributed by atoms with Crippen LogP contribution >= 0.6 is 15.6 Å². The van der Waals surface area contributed by atoms with Crippen molar-refractivity contribution in [3.8, 4) is 28.9 Å². The first kappa shape index (κ1) is 19.5. The number of hydrogen-bond donors (Lipinski definition) is 2. The van der Waals surface area contributed by atoms with Crippen LogP contribution in [0.1, 0.15) is 38.0 Å². The largest absolute Gasteiger partial charge is 0.648 e. The second-order valence-corrected chi connectivity index (χ2v) is 10.5. The van der Waals surface area contributed by atoms with Crippen LogP contribution in [0.25, 0.3) is 10.9 Å². The Morgan fingerprint density at radius 3 is 2.58 bits per heavy atom. The van der Waals surface area contributed by atoms with E-state index in [2.05, 4.69) is 10.3 Å². The second kappa shape index (κ2) is 6.40. The predicted octanol–water partition coefficient (Wildman–Crippen LogP) is 3.99. The standard InChI is InChI=1S/C17H19N3O9P2/c1-7(5-3-4-6-18)19-11-10-8-9-13-16(20-10)27-30(21,25-13)24-12(8)15(23-2)14(11)26-31(22)28-17(9)29-31/h7,17,19H,3-6,18H2,1-2H3. The highest BCUT2D eigenvalue weighted by Gasteiger charge is 2.58. The molecular formula is C17H19N3O9P2. The van der Waals surface area contributed by atoms with Gasteiger partial charge in [-0.2, -0.15) is 4.57 Å². The highest BCUT2D eigenvalue weighted by Crippen LogP contribution is 2.75. The first-order valence-corrected chi connectivity index (χ1v) is 12.7.